The number of carbonyl (C=O) groups excluding carboxylic acids is 2. The highest BCUT2D eigenvalue weighted by Crippen LogP contribution is 2.46. The average Bonchev–Trinajstić information content (AvgIpc) is 3.13. The van der Waals surface area contributed by atoms with Crippen LogP contribution in [0.15, 0.2) is 40.3 Å². The van der Waals surface area contributed by atoms with E-state index in [2.05, 4.69) is 15.5 Å². The van der Waals surface area contributed by atoms with Crippen LogP contribution < -0.4 is 14.8 Å². The van der Waals surface area contributed by atoms with Gasteiger partial charge in [-0.15, -0.1) is 0 Å². The number of likely N-dealkylation sites (N-methyl/N-ethyl adjacent to an activating group) is 1. The van der Waals surface area contributed by atoms with Gasteiger partial charge in [-0.25, -0.2) is 0 Å². The quantitative estimate of drug-likeness (QED) is 0.887. The van der Waals surface area contributed by atoms with Crippen LogP contribution in [0.4, 0.5) is 5.69 Å². The number of fused-ring (bicyclic) bond motifs is 2. The molecule has 0 aliphatic carbocycles. The summed E-state index contributed by atoms with van der Waals surface area (Å²) in [5, 5.41) is 10.9. The topological polar surface area (TPSA) is 92.6 Å². The maximum absolute atomic E-state index is 12.4. The number of methoxy groups -OCH3 is 1. The summed E-state index contributed by atoms with van der Waals surface area (Å²) in [6.45, 7) is 3.86. The van der Waals surface area contributed by atoms with Crippen molar-refractivity contribution in [1.29, 1.82) is 0 Å². The molecular weight excluding hydrogens is 348 g/mol. The number of carbonyl (C=O) groups is 2. The Labute approximate surface area is 156 Å². The summed E-state index contributed by atoms with van der Waals surface area (Å²) in [5.41, 5.74) is 2.73. The van der Waals surface area contributed by atoms with Crippen molar-refractivity contribution in [3.05, 3.63) is 35.7 Å². The van der Waals surface area contributed by atoms with Gasteiger partial charge in [0, 0.05) is 36.0 Å². The summed E-state index contributed by atoms with van der Waals surface area (Å²) < 4.78 is 11.5. The molecule has 0 bridgehead atoms. The van der Waals surface area contributed by atoms with E-state index in [1.807, 2.05) is 19.9 Å². The molecule has 4 rings (SSSR count). The lowest BCUT2D eigenvalue weighted by Gasteiger charge is -2.32. The van der Waals surface area contributed by atoms with E-state index in [0.717, 1.165) is 11.1 Å². The summed E-state index contributed by atoms with van der Waals surface area (Å²) in [4.78, 5) is 26.2. The SMILES string of the molecule is COc1cc2c(c(C3=CN(C)C(=O)C4N=NC=C34)c1)OC(C(C)C)C(=O)N2. The Morgan fingerprint density at radius 2 is 2.07 bits per heavy atom. The minimum Gasteiger partial charge on any atom is -0.497 e. The molecule has 0 spiro atoms. The van der Waals surface area contributed by atoms with E-state index in [1.54, 1.807) is 32.6 Å². The van der Waals surface area contributed by atoms with Crippen molar-refractivity contribution in [1.82, 2.24) is 4.90 Å². The van der Waals surface area contributed by atoms with Gasteiger partial charge in [0.25, 0.3) is 11.8 Å². The second-order valence-electron chi connectivity index (χ2n) is 7.03. The van der Waals surface area contributed by atoms with Gasteiger partial charge in [0.1, 0.15) is 5.75 Å². The van der Waals surface area contributed by atoms with E-state index in [1.165, 1.54) is 4.90 Å². The molecule has 1 N–H and O–H groups in total. The number of hydrogen-bond donors (Lipinski definition) is 1. The van der Waals surface area contributed by atoms with E-state index in [0.29, 0.717) is 22.8 Å². The maximum Gasteiger partial charge on any atom is 0.265 e. The van der Waals surface area contributed by atoms with Crippen LogP contribution in [0, 0.1) is 5.92 Å². The number of nitrogens with zero attached hydrogens (tertiary/aromatic N) is 3. The molecule has 0 radical (unpaired) electrons. The second-order valence-corrected chi connectivity index (χ2v) is 7.03. The molecule has 2 amide bonds. The molecule has 3 aliphatic rings. The van der Waals surface area contributed by atoms with Gasteiger partial charge in [0.2, 0.25) is 0 Å². The van der Waals surface area contributed by atoms with E-state index < -0.39 is 12.1 Å². The maximum atomic E-state index is 12.4. The molecule has 1 aromatic carbocycles. The molecule has 0 fully saturated rings. The second kappa shape index (κ2) is 6.22. The third kappa shape index (κ3) is 2.68. The summed E-state index contributed by atoms with van der Waals surface area (Å²) >= 11 is 0. The molecular formula is C19H20N4O4. The van der Waals surface area contributed by atoms with Crippen LogP contribution in [-0.2, 0) is 9.59 Å². The normalized spacial score (nSPS) is 23.4. The molecule has 140 valence electrons. The van der Waals surface area contributed by atoms with Crippen molar-refractivity contribution in [3.8, 4) is 11.5 Å². The van der Waals surface area contributed by atoms with Crippen molar-refractivity contribution in [3.63, 3.8) is 0 Å². The molecule has 1 aromatic rings. The first-order valence-corrected chi connectivity index (χ1v) is 8.69. The van der Waals surface area contributed by atoms with Crippen molar-refractivity contribution >= 4 is 23.1 Å². The molecule has 3 heterocycles. The summed E-state index contributed by atoms with van der Waals surface area (Å²) in [6.07, 6.45) is 2.73. The highest BCUT2D eigenvalue weighted by Gasteiger charge is 2.38. The van der Waals surface area contributed by atoms with Gasteiger partial charge >= 0.3 is 0 Å². The molecule has 0 aromatic heterocycles. The number of nitrogens with one attached hydrogen (secondary N) is 1. The Balaban J connectivity index is 1.89. The lowest BCUT2D eigenvalue weighted by molar-refractivity contribution is -0.128. The van der Waals surface area contributed by atoms with Crippen molar-refractivity contribution in [2.45, 2.75) is 26.0 Å². The first kappa shape index (κ1) is 17.3. The molecule has 2 unspecified atom stereocenters. The van der Waals surface area contributed by atoms with Gasteiger partial charge < -0.3 is 19.7 Å². The third-order valence-electron chi connectivity index (χ3n) is 4.84. The number of benzene rings is 1. The average molecular weight is 368 g/mol. The zero-order chi connectivity index (χ0) is 19.3. The van der Waals surface area contributed by atoms with Gasteiger partial charge in [0.15, 0.2) is 17.9 Å². The monoisotopic (exact) mass is 368 g/mol. The first-order chi connectivity index (χ1) is 12.9. The van der Waals surface area contributed by atoms with E-state index in [-0.39, 0.29) is 17.7 Å². The van der Waals surface area contributed by atoms with E-state index >= 15 is 0 Å². The zero-order valence-corrected chi connectivity index (χ0v) is 15.5. The molecule has 3 aliphatic heterocycles. The Morgan fingerprint density at radius 1 is 1.30 bits per heavy atom. The van der Waals surface area contributed by atoms with Gasteiger partial charge in [-0.1, -0.05) is 13.8 Å². The number of hydrogen-bond acceptors (Lipinski definition) is 6. The molecule has 8 heteroatoms. The van der Waals surface area contributed by atoms with Crippen LogP contribution in [0.1, 0.15) is 19.4 Å². The Hall–Kier alpha value is -3.16. The number of amides is 2. The van der Waals surface area contributed by atoms with E-state index in [4.69, 9.17) is 9.47 Å². The Bertz CT molecular complexity index is 932. The van der Waals surface area contributed by atoms with Crippen LogP contribution >= 0.6 is 0 Å². The number of ether oxygens (including phenoxy) is 2. The summed E-state index contributed by atoms with van der Waals surface area (Å²) in [5.74, 6) is 0.790. The smallest absolute Gasteiger partial charge is 0.265 e. The third-order valence-corrected chi connectivity index (χ3v) is 4.84. The van der Waals surface area contributed by atoms with E-state index in [9.17, 15) is 9.59 Å². The van der Waals surface area contributed by atoms with Crippen molar-refractivity contribution in [2.75, 3.05) is 19.5 Å². The fourth-order valence-electron chi connectivity index (χ4n) is 3.41. The number of rotatable bonds is 3. The van der Waals surface area contributed by atoms with Gasteiger partial charge in [0.05, 0.1) is 19.0 Å². The minimum absolute atomic E-state index is 0.00105. The standard InChI is InChI=1S/C19H20N4O4/c1-9(2)16-18(24)21-14-6-10(26-4)5-11(17(14)27-16)13-8-23(3)19(25)15-12(13)7-20-22-15/h5-9,15-16H,1-4H3,(H,21,24). The van der Waals surface area contributed by atoms with Crippen LogP contribution in [0.3, 0.4) is 0 Å². The van der Waals surface area contributed by atoms with Gasteiger partial charge in [-0.05, 0) is 12.0 Å². The lowest BCUT2D eigenvalue weighted by Crippen LogP contribution is -2.41. The lowest BCUT2D eigenvalue weighted by atomic mass is 9.89. The minimum atomic E-state index is -0.657. The fourth-order valence-corrected chi connectivity index (χ4v) is 3.41. The molecule has 8 nitrogen and oxygen atoms in total. The highest BCUT2D eigenvalue weighted by atomic mass is 16.5. The highest BCUT2D eigenvalue weighted by molar-refractivity contribution is 6.03. The van der Waals surface area contributed by atoms with Crippen molar-refractivity contribution in [2.24, 2.45) is 16.1 Å². The van der Waals surface area contributed by atoms with Gasteiger partial charge in [-0.3, -0.25) is 9.59 Å². The first-order valence-electron chi connectivity index (χ1n) is 8.69. The number of azo groups is 1. The molecule has 0 saturated heterocycles. The van der Waals surface area contributed by atoms with Gasteiger partial charge in [-0.2, -0.15) is 10.2 Å². The number of anilines is 1. The fraction of sp³-hybridized carbons (Fsp3) is 0.368. The Kier molecular flexibility index (Phi) is 3.98. The largest absolute Gasteiger partial charge is 0.497 e. The van der Waals surface area contributed by atoms with Crippen LogP contribution in [0.2, 0.25) is 0 Å². The summed E-state index contributed by atoms with van der Waals surface area (Å²) in [7, 11) is 3.24. The zero-order valence-electron chi connectivity index (χ0n) is 15.5. The molecule has 27 heavy (non-hydrogen) atoms. The summed E-state index contributed by atoms with van der Waals surface area (Å²) in [6, 6.07) is 2.90. The van der Waals surface area contributed by atoms with Crippen LogP contribution in [0.5, 0.6) is 11.5 Å². The predicted octanol–water partition coefficient (Wildman–Crippen LogP) is 2.58. The van der Waals surface area contributed by atoms with Crippen LogP contribution in [-0.4, -0.2) is 43.0 Å². The molecule has 0 saturated carbocycles. The van der Waals surface area contributed by atoms with Crippen molar-refractivity contribution < 1.29 is 19.1 Å². The predicted molar refractivity (Wildman–Crippen MR) is 98.4 cm³/mol. The molecule has 2 atom stereocenters. The Morgan fingerprint density at radius 3 is 2.78 bits per heavy atom. The van der Waals surface area contributed by atoms with Crippen LogP contribution in [0.25, 0.3) is 5.57 Å².